The zero-order valence-corrected chi connectivity index (χ0v) is 11.8. The molecule has 1 aromatic carbocycles. The minimum Gasteiger partial charge on any atom is -0.354 e. The van der Waals surface area contributed by atoms with Gasteiger partial charge >= 0.3 is 0 Å². The van der Waals surface area contributed by atoms with Crippen LogP contribution < -0.4 is 10.6 Å². The van der Waals surface area contributed by atoms with Crippen LogP contribution in [0.15, 0.2) is 42.6 Å². The third kappa shape index (κ3) is 4.05. The maximum atomic E-state index is 11.7. The molecule has 0 fully saturated rings. The SMILES string of the molecule is CCCNC(=O)c1ccc(Nc2ccc(C#N)cc2)cn1. The van der Waals surface area contributed by atoms with E-state index in [2.05, 4.69) is 21.7 Å². The van der Waals surface area contributed by atoms with E-state index in [4.69, 9.17) is 5.26 Å². The highest BCUT2D eigenvalue weighted by molar-refractivity contribution is 5.92. The zero-order valence-electron chi connectivity index (χ0n) is 11.8. The fraction of sp³-hybridized carbons (Fsp3) is 0.188. The number of pyridine rings is 1. The van der Waals surface area contributed by atoms with Crippen molar-refractivity contribution in [2.75, 3.05) is 11.9 Å². The highest BCUT2D eigenvalue weighted by Crippen LogP contribution is 2.16. The molecular formula is C16H16N4O. The molecule has 5 heteroatoms. The number of hydrogen-bond acceptors (Lipinski definition) is 4. The molecule has 0 saturated carbocycles. The summed E-state index contributed by atoms with van der Waals surface area (Å²) in [7, 11) is 0. The standard InChI is InChI=1S/C16H16N4O/c1-2-9-18-16(21)15-8-7-14(11-19-15)20-13-5-3-12(10-17)4-6-13/h3-8,11,20H,2,9H2,1H3,(H,18,21). The zero-order chi connectivity index (χ0) is 15.1. The summed E-state index contributed by atoms with van der Waals surface area (Å²) in [6.45, 7) is 2.64. The molecule has 1 heterocycles. The minimum absolute atomic E-state index is 0.165. The van der Waals surface area contributed by atoms with Crippen LogP contribution in [0.4, 0.5) is 11.4 Å². The molecule has 1 aromatic heterocycles. The molecule has 21 heavy (non-hydrogen) atoms. The molecule has 0 radical (unpaired) electrons. The van der Waals surface area contributed by atoms with Crippen molar-refractivity contribution in [1.29, 1.82) is 5.26 Å². The van der Waals surface area contributed by atoms with Crippen LogP contribution in [0, 0.1) is 11.3 Å². The van der Waals surface area contributed by atoms with Gasteiger partial charge in [0.2, 0.25) is 0 Å². The summed E-state index contributed by atoms with van der Waals surface area (Å²) in [5.74, 6) is -0.165. The molecule has 0 spiro atoms. The lowest BCUT2D eigenvalue weighted by atomic mass is 10.2. The number of carbonyl (C=O) groups excluding carboxylic acids is 1. The molecule has 0 aliphatic carbocycles. The van der Waals surface area contributed by atoms with E-state index in [1.807, 2.05) is 19.1 Å². The average molecular weight is 280 g/mol. The quantitative estimate of drug-likeness (QED) is 0.882. The lowest BCUT2D eigenvalue weighted by molar-refractivity contribution is 0.0949. The number of aromatic nitrogens is 1. The first-order valence-corrected chi connectivity index (χ1v) is 6.74. The van der Waals surface area contributed by atoms with Gasteiger partial charge in [0.25, 0.3) is 5.91 Å². The number of benzene rings is 1. The smallest absolute Gasteiger partial charge is 0.269 e. The second-order valence-corrected chi connectivity index (χ2v) is 4.50. The summed E-state index contributed by atoms with van der Waals surface area (Å²) >= 11 is 0. The van der Waals surface area contributed by atoms with Crippen LogP contribution in [0.2, 0.25) is 0 Å². The van der Waals surface area contributed by atoms with Crippen molar-refractivity contribution < 1.29 is 4.79 Å². The second kappa shape index (κ2) is 7.06. The number of rotatable bonds is 5. The summed E-state index contributed by atoms with van der Waals surface area (Å²) < 4.78 is 0. The fourth-order valence-electron chi connectivity index (χ4n) is 1.73. The number of nitriles is 1. The Morgan fingerprint density at radius 2 is 1.90 bits per heavy atom. The molecule has 1 amide bonds. The summed E-state index contributed by atoms with van der Waals surface area (Å²) in [6, 6.07) is 12.7. The van der Waals surface area contributed by atoms with Gasteiger partial charge in [-0.25, -0.2) is 4.98 Å². The largest absolute Gasteiger partial charge is 0.354 e. The van der Waals surface area contributed by atoms with Gasteiger partial charge in [-0.3, -0.25) is 4.79 Å². The Bertz CT molecular complexity index is 641. The summed E-state index contributed by atoms with van der Waals surface area (Å²) in [5.41, 5.74) is 2.65. The molecule has 0 aliphatic rings. The highest BCUT2D eigenvalue weighted by atomic mass is 16.1. The molecule has 0 unspecified atom stereocenters. The molecule has 0 bridgehead atoms. The van der Waals surface area contributed by atoms with Crippen molar-refractivity contribution in [2.45, 2.75) is 13.3 Å². The number of amides is 1. The van der Waals surface area contributed by atoms with Crippen LogP contribution >= 0.6 is 0 Å². The molecule has 2 N–H and O–H groups in total. The van der Waals surface area contributed by atoms with E-state index in [1.54, 1.807) is 30.5 Å². The molecule has 0 atom stereocenters. The monoisotopic (exact) mass is 280 g/mol. The van der Waals surface area contributed by atoms with E-state index < -0.39 is 0 Å². The van der Waals surface area contributed by atoms with Crippen LogP contribution in [0.5, 0.6) is 0 Å². The van der Waals surface area contributed by atoms with Crippen molar-refractivity contribution in [1.82, 2.24) is 10.3 Å². The predicted molar refractivity (Wildman–Crippen MR) is 81.3 cm³/mol. The topological polar surface area (TPSA) is 77.8 Å². The third-order valence-electron chi connectivity index (χ3n) is 2.83. The Hall–Kier alpha value is -2.87. The fourth-order valence-corrected chi connectivity index (χ4v) is 1.73. The second-order valence-electron chi connectivity index (χ2n) is 4.50. The van der Waals surface area contributed by atoms with Crippen molar-refractivity contribution in [2.24, 2.45) is 0 Å². The van der Waals surface area contributed by atoms with Gasteiger partial charge in [0.1, 0.15) is 5.69 Å². The van der Waals surface area contributed by atoms with Crippen LogP contribution in [-0.4, -0.2) is 17.4 Å². The third-order valence-corrected chi connectivity index (χ3v) is 2.83. The molecule has 2 rings (SSSR count). The number of anilines is 2. The Balaban J connectivity index is 2.01. The van der Waals surface area contributed by atoms with E-state index in [0.717, 1.165) is 17.8 Å². The molecular weight excluding hydrogens is 264 g/mol. The van der Waals surface area contributed by atoms with Crippen molar-refractivity contribution in [3.8, 4) is 6.07 Å². The Morgan fingerprint density at radius 1 is 1.19 bits per heavy atom. The number of hydrogen-bond donors (Lipinski definition) is 2. The molecule has 0 aliphatic heterocycles. The van der Waals surface area contributed by atoms with Crippen molar-refractivity contribution in [3.05, 3.63) is 53.9 Å². The van der Waals surface area contributed by atoms with Gasteiger partial charge in [-0.2, -0.15) is 5.26 Å². The molecule has 106 valence electrons. The van der Waals surface area contributed by atoms with Gasteiger partial charge in [-0.1, -0.05) is 6.92 Å². The summed E-state index contributed by atoms with van der Waals surface area (Å²) in [4.78, 5) is 15.9. The first kappa shape index (κ1) is 14.5. The maximum Gasteiger partial charge on any atom is 0.269 e. The summed E-state index contributed by atoms with van der Waals surface area (Å²) in [6.07, 6.45) is 2.50. The number of nitrogens with zero attached hydrogens (tertiary/aromatic N) is 2. The van der Waals surface area contributed by atoms with E-state index in [-0.39, 0.29) is 5.91 Å². The van der Waals surface area contributed by atoms with E-state index >= 15 is 0 Å². The van der Waals surface area contributed by atoms with Gasteiger partial charge in [-0.15, -0.1) is 0 Å². The van der Waals surface area contributed by atoms with E-state index in [0.29, 0.717) is 17.8 Å². The summed E-state index contributed by atoms with van der Waals surface area (Å²) in [5, 5.41) is 14.7. The Kier molecular flexibility index (Phi) is 4.89. The van der Waals surface area contributed by atoms with Gasteiger partial charge in [0.05, 0.1) is 23.5 Å². The molecule has 2 aromatic rings. The van der Waals surface area contributed by atoms with Gasteiger partial charge in [0, 0.05) is 12.2 Å². The van der Waals surface area contributed by atoms with Crippen LogP contribution in [0.1, 0.15) is 29.4 Å². The number of nitrogens with one attached hydrogen (secondary N) is 2. The van der Waals surface area contributed by atoms with E-state index in [1.165, 1.54) is 0 Å². The average Bonchev–Trinajstić information content (AvgIpc) is 2.54. The normalized spacial score (nSPS) is 9.71. The van der Waals surface area contributed by atoms with Crippen LogP contribution in [0.25, 0.3) is 0 Å². The minimum atomic E-state index is -0.165. The van der Waals surface area contributed by atoms with Gasteiger partial charge in [-0.05, 0) is 42.8 Å². The number of carbonyl (C=O) groups is 1. The van der Waals surface area contributed by atoms with Crippen LogP contribution in [0.3, 0.4) is 0 Å². The highest BCUT2D eigenvalue weighted by Gasteiger charge is 2.05. The van der Waals surface area contributed by atoms with Crippen LogP contribution in [-0.2, 0) is 0 Å². The molecule has 5 nitrogen and oxygen atoms in total. The van der Waals surface area contributed by atoms with E-state index in [9.17, 15) is 4.79 Å². The Morgan fingerprint density at radius 3 is 2.48 bits per heavy atom. The first-order valence-electron chi connectivity index (χ1n) is 6.74. The first-order chi connectivity index (χ1) is 10.2. The molecule has 0 saturated heterocycles. The van der Waals surface area contributed by atoms with Gasteiger partial charge < -0.3 is 10.6 Å². The lowest BCUT2D eigenvalue weighted by Gasteiger charge is -2.07. The maximum absolute atomic E-state index is 11.7. The predicted octanol–water partition coefficient (Wildman–Crippen LogP) is 2.84. The van der Waals surface area contributed by atoms with Crippen molar-refractivity contribution in [3.63, 3.8) is 0 Å². The lowest BCUT2D eigenvalue weighted by Crippen LogP contribution is -2.24. The van der Waals surface area contributed by atoms with Crippen molar-refractivity contribution >= 4 is 17.3 Å². The Labute approximate surface area is 123 Å². The van der Waals surface area contributed by atoms with Gasteiger partial charge in [0.15, 0.2) is 0 Å².